The van der Waals surface area contributed by atoms with Gasteiger partial charge in [0.15, 0.2) is 6.29 Å². The average Bonchev–Trinajstić information content (AvgIpc) is 2.83. The van der Waals surface area contributed by atoms with E-state index >= 15 is 0 Å². The summed E-state index contributed by atoms with van der Waals surface area (Å²) in [5.41, 5.74) is 1.72. The van der Waals surface area contributed by atoms with E-state index in [1.165, 1.54) is 13.8 Å². The minimum atomic E-state index is -1.75. The highest BCUT2D eigenvalue weighted by Crippen LogP contribution is 2.17. The topological polar surface area (TPSA) is 113 Å². The molecule has 11 heteroatoms. The van der Waals surface area contributed by atoms with Crippen molar-refractivity contribution < 1.29 is 32.6 Å². The second-order valence-electron chi connectivity index (χ2n) is 7.63. The van der Waals surface area contributed by atoms with Crippen molar-refractivity contribution >= 4 is 12.6 Å². The Balaban J connectivity index is 0. The number of dihydropyridines is 1. The highest BCUT2D eigenvalue weighted by molar-refractivity contribution is 5.78. The molecule has 2 heterocycles. The zero-order valence-corrected chi connectivity index (χ0v) is 21.3. The summed E-state index contributed by atoms with van der Waals surface area (Å²) in [7, 11) is 3.71. The van der Waals surface area contributed by atoms with Crippen LogP contribution in [0.4, 0.5) is 13.2 Å². The summed E-state index contributed by atoms with van der Waals surface area (Å²) >= 11 is 0. The Morgan fingerprint density at radius 1 is 1.26 bits per heavy atom. The van der Waals surface area contributed by atoms with Crippen LogP contribution in [0.15, 0.2) is 35.8 Å². The molecule has 1 aromatic heterocycles. The summed E-state index contributed by atoms with van der Waals surface area (Å²) in [5.74, 6) is 1.44. The Bertz CT molecular complexity index is 785. The van der Waals surface area contributed by atoms with Crippen LogP contribution in [0.5, 0.6) is 5.88 Å². The molecule has 1 aliphatic rings. The fourth-order valence-electron chi connectivity index (χ4n) is 2.42. The van der Waals surface area contributed by atoms with Crippen LogP contribution in [-0.2, 0) is 22.6 Å². The summed E-state index contributed by atoms with van der Waals surface area (Å²) in [5, 5.41) is 17.6. The third-order valence-electron chi connectivity index (χ3n) is 3.89. The van der Waals surface area contributed by atoms with Gasteiger partial charge in [-0.3, -0.25) is 4.79 Å². The van der Waals surface area contributed by atoms with Crippen molar-refractivity contribution in [2.75, 3.05) is 34.3 Å². The van der Waals surface area contributed by atoms with Crippen LogP contribution in [-0.4, -0.2) is 68.6 Å². The molecule has 0 bridgehead atoms. The number of rotatable bonds is 9. The maximum absolute atomic E-state index is 12.0. The van der Waals surface area contributed by atoms with Gasteiger partial charge in [-0.05, 0) is 51.9 Å². The number of ether oxygens (including phenoxy) is 1. The molecule has 0 aromatic carbocycles. The molecule has 0 saturated carbocycles. The van der Waals surface area contributed by atoms with Crippen LogP contribution >= 0.6 is 0 Å². The maximum Gasteiger partial charge on any atom is 0.229 e. The van der Waals surface area contributed by atoms with Crippen LogP contribution in [0, 0.1) is 0 Å². The normalized spacial score (nSPS) is 14.1. The van der Waals surface area contributed by atoms with Gasteiger partial charge in [-0.15, -0.1) is 0 Å². The lowest BCUT2D eigenvalue weighted by Gasteiger charge is -2.19. The molecule has 1 aromatic rings. The number of alkyl halides is 3. The molecule has 4 N–H and O–H groups in total. The molecule has 0 amide bonds. The Labute approximate surface area is 206 Å². The Morgan fingerprint density at radius 2 is 1.86 bits per heavy atom. The van der Waals surface area contributed by atoms with Gasteiger partial charge in [-0.1, -0.05) is 13.0 Å². The number of hydrogen-bond acceptors (Lipinski definition) is 8. The second-order valence-corrected chi connectivity index (χ2v) is 7.63. The fraction of sp³-hybridized carbons (Fsp3) is 0.542. The molecule has 1 aliphatic heterocycles. The van der Waals surface area contributed by atoms with E-state index in [1.54, 1.807) is 12.3 Å². The predicted molar refractivity (Wildman–Crippen MR) is 131 cm³/mol. The van der Waals surface area contributed by atoms with E-state index < -0.39 is 19.2 Å². The van der Waals surface area contributed by atoms with Gasteiger partial charge in [-0.25, -0.2) is 18.2 Å². The number of halogens is 3. The Hall–Kier alpha value is -2.92. The number of carbonyl (C=O) groups excluding carboxylic acids is 2. The first-order valence-corrected chi connectivity index (χ1v) is 11.0. The molecular weight excluding hydrogens is 465 g/mol. The van der Waals surface area contributed by atoms with Crippen molar-refractivity contribution in [3.8, 4) is 5.88 Å². The summed E-state index contributed by atoms with van der Waals surface area (Å²) < 4.78 is 36.4. The summed E-state index contributed by atoms with van der Waals surface area (Å²) in [6.07, 6.45) is 7.61. The lowest BCUT2D eigenvalue weighted by Crippen LogP contribution is -2.33. The van der Waals surface area contributed by atoms with E-state index in [0.717, 1.165) is 41.8 Å². The monoisotopic (exact) mass is 504 g/mol. The highest BCUT2D eigenvalue weighted by atomic mass is 19.3. The van der Waals surface area contributed by atoms with Crippen LogP contribution in [0.25, 0.3) is 0 Å². The smallest absolute Gasteiger partial charge is 0.229 e. The average molecular weight is 505 g/mol. The molecule has 200 valence electrons. The van der Waals surface area contributed by atoms with E-state index in [2.05, 4.69) is 20.9 Å². The van der Waals surface area contributed by atoms with Gasteiger partial charge in [0.25, 0.3) is 0 Å². The highest BCUT2D eigenvalue weighted by Gasteiger charge is 2.08. The number of nitrogens with zero attached hydrogens (tertiary/aromatic N) is 1. The zero-order chi connectivity index (χ0) is 27.3. The third-order valence-corrected chi connectivity index (χ3v) is 3.89. The van der Waals surface area contributed by atoms with Gasteiger partial charge in [0.05, 0.1) is 5.82 Å². The van der Waals surface area contributed by atoms with E-state index in [9.17, 15) is 22.8 Å². The first-order valence-electron chi connectivity index (χ1n) is 11.0. The first-order chi connectivity index (χ1) is 16.5. The molecule has 0 fully saturated rings. The Kier molecular flexibility index (Phi) is 20.0. The summed E-state index contributed by atoms with van der Waals surface area (Å²) in [4.78, 5) is 24.2. The van der Waals surface area contributed by atoms with E-state index in [4.69, 9.17) is 9.84 Å². The van der Waals surface area contributed by atoms with Crippen molar-refractivity contribution in [3.05, 3.63) is 46.9 Å². The van der Waals surface area contributed by atoms with Crippen molar-refractivity contribution in [2.45, 2.75) is 52.3 Å². The van der Waals surface area contributed by atoms with Crippen LogP contribution in [0.3, 0.4) is 0 Å². The van der Waals surface area contributed by atoms with E-state index in [1.807, 2.05) is 40.1 Å². The summed E-state index contributed by atoms with van der Waals surface area (Å²) in [6.45, 7) is 5.51. The number of aldehydes is 2. The van der Waals surface area contributed by atoms with Crippen LogP contribution in [0.1, 0.15) is 38.8 Å². The van der Waals surface area contributed by atoms with Gasteiger partial charge in [0.2, 0.25) is 12.8 Å². The minimum Gasteiger partial charge on any atom is -0.475 e. The maximum atomic E-state index is 12.0. The number of allylic oxidation sites excluding steroid dienone is 2. The molecule has 0 aliphatic carbocycles. The van der Waals surface area contributed by atoms with Gasteiger partial charge in [-0.2, -0.15) is 0 Å². The van der Waals surface area contributed by atoms with Crippen molar-refractivity contribution in [3.63, 3.8) is 0 Å². The van der Waals surface area contributed by atoms with E-state index in [-0.39, 0.29) is 12.6 Å². The Morgan fingerprint density at radius 3 is 2.29 bits per heavy atom. The second kappa shape index (κ2) is 20.5. The minimum absolute atomic E-state index is 0.0748. The standard InChI is InChI=1S/C11H17FN2O.C8H12N2O.C4H8O2.CH2F2/c1-3-10-6-9(7-13-2)8-14-11(10)15-5-4-12;1-6-3-7(5-11)4-8(9-2)10-6;1-4(2,6)3-5;2-1-3/h6,8,13H,3-5,7H2,1-2H3;3-6,9-10H,1-2H3;3,6H,1-2H3;1H2. The van der Waals surface area contributed by atoms with Gasteiger partial charge in [0.1, 0.15) is 25.2 Å². The molecule has 0 saturated heterocycles. The molecule has 2 rings (SSSR count). The zero-order valence-electron chi connectivity index (χ0n) is 21.3. The molecular formula is C24H39F3N4O4. The number of carbonyl (C=O) groups is 2. The van der Waals surface area contributed by atoms with Gasteiger partial charge < -0.3 is 30.6 Å². The molecule has 0 radical (unpaired) electrons. The fourth-order valence-corrected chi connectivity index (χ4v) is 2.42. The molecule has 8 nitrogen and oxygen atoms in total. The SMILES string of the molecule is CC(C)(O)C=O.CCc1cc(CNC)cnc1OCCF.CNC1=CC(C=O)=CC(C)N1.FCF. The quantitative estimate of drug-likeness (QED) is 0.380. The van der Waals surface area contributed by atoms with Crippen molar-refractivity contribution in [1.82, 2.24) is 20.9 Å². The molecule has 35 heavy (non-hydrogen) atoms. The first kappa shape index (κ1) is 34.2. The molecule has 0 spiro atoms. The number of pyridine rings is 1. The molecule has 1 unspecified atom stereocenters. The van der Waals surface area contributed by atoms with E-state index in [0.29, 0.717) is 12.2 Å². The lowest BCUT2D eigenvalue weighted by atomic mass is 10.1. The van der Waals surface area contributed by atoms with Crippen molar-refractivity contribution in [1.29, 1.82) is 0 Å². The number of nitrogens with one attached hydrogen (secondary N) is 3. The van der Waals surface area contributed by atoms with Crippen molar-refractivity contribution in [2.24, 2.45) is 0 Å². The number of aromatic nitrogens is 1. The van der Waals surface area contributed by atoms with Gasteiger partial charge >= 0.3 is 0 Å². The number of aryl methyl sites for hydroxylation is 1. The number of aliphatic hydroxyl groups is 1. The number of hydrogen-bond donors (Lipinski definition) is 4. The third kappa shape index (κ3) is 18.1. The largest absolute Gasteiger partial charge is 0.475 e. The van der Waals surface area contributed by atoms with Gasteiger partial charge in [0, 0.05) is 37.0 Å². The predicted octanol–water partition coefficient (Wildman–Crippen LogP) is 2.71. The molecule has 1 atom stereocenters. The van der Waals surface area contributed by atoms with Crippen LogP contribution < -0.4 is 20.7 Å². The van der Waals surface area contributed by atoms with Crippen LogP contribution in [0.2, 0.25) is 0 Å². The lowest BCUT2D eigenvalue weighted by molar-refractivity contribution is -0.120. The summed E-state index contributed by atoms with van der Waals surface area (Å²) in [6, 6.07) is 2.26.